The van der Waals surface area contributed by atoms with Crippen LogP contribution in [-0.4, -0.2) is 240 Å². The summed E-state index contributed by atoms with van der Waals surface area (Å²) in [6.45, 7) is 22.7. The van der Waals surface area contributed by atoms with Gasteiger partial charge in [0.05, 0.1) is 80.0 Å². The maximum atomic E-state index is 8.00. The van der Waals surface area contributed by atoms with Gasteiger partial charge in [-0.2, -0.15) is 0 Å². The number of nitrogens with two attached hydrogens (primary N) is 2. The molecular weight excluding hydrogens is 536 g/mol. The Kier molecular flexibility index (Phi) is 17.9. The third kappa shape index (κ3) is 14.3. The third-order valence-electron chi connectivity index (χ3n) is 7.66. The van der Waals surface area contributed by atoms with Crippen molar-refractivity contribution in [3.8, 4) is 0 Å². The van der Waals surface area contributed by atoms with Gasteiger partial charge in [-0.05, 0) is 42.3 Å². The molecule has 4 N–H and O–H groups in total. The van der Waals surface area contributed by atoms with Crippen LogP contribution in [0.2, 0.25) is 0 Å². The second kappa shape index (κ2) is 20.2. The van der Waals surface area contributed by atoms with Crippen LogP contribution < -0.4 is 11.5 Å². The normalized spacial score (nSPS) is 25.2. The van der Waals surface area contributed by atoms with Gasteiger partial charge in [0.1, 0.15) is 6.79 Å². The second-order valence-electron chi connectivity index (χ2n) is 12.8. The monoisotopic (exact) mass is 601 g/mol. The molecule has 248 valence electrons. The highest BCUT2D eigenvalue weighted by Crippen LogP contribution is 2.12. The molecule has 0 radical (unpaired) electrons. The zero-order valence-corrected chi connectivity index (χ0v) is 27.8. The van der Waals surface area contributed by atoms with Crippen LogP contribution in [0.25, 0.3) is 0 Å². The zero-order valence-electron chi connectivity index (χ0n) is 27.8. The summed E-state index contributed by atoms with van der Waals surface area (Å²) in [5, 5.41) is 0. The van der Waals surface area contributed by atoms with Crippen LogP contribution in [-0.2, 0) is 4.79 Å². The van der Waals surface area contributed by atoms with Crippen molar-refractivity contribution < 1.29 is 4.79 Å². The highest BCUT2D eigenvalue weighted by Gasteiger charge is 2.27. The Hall–Kier alpha value is -0.890. The molecule has 0 bridgehead atoms. The van der Waals surface area contributed by atoms with E-state index in [1.54, 1.807) is 0 Å². The second-order valence-corrected chi connectivity index (χ2v) is 12.8. The predicted molar refractivity (Wildman–Crippen MR) is 170 cm³/mol. The molecule has 0 amide bonds. The summed E-state index contributed by atoms with van der Waals surface area (Å²) in [4.78, 5) is 38.1. The van der Waals surface area contributed by atoms with Crippen LogP contribution in [0.3, 0.4) is 0 Å². The van der Waals surface area contributed by atoms with Gasteiger partial charge in [-0.25, -0.2) is 0 Å². The molecular formula is C27H64N14O. The zero-order chi connectivity index (χ0) is 31.1. The van der Waals surface area contributed by atoms with Crippen LogP contribution in [0.4, 0.5) is 0 Å². The summed E-state index contributed by atoms with van der Waals surface area (Å²) in [6, 6.07) is 0. The summed E-state index contributed by atoms with van der Waals surface area (Å²) in [6.07, 6.45) is 0. The number of carbonyl (C=O) groups is 1. The molecule has 4 heterocycles. The molecule has 4 fully saturated rings. The fourth-order valence-electron chi connectivity index (χ4n) is 6.37. The predicted octanol–water partition coefficient (Wildman–Crippen LogP) is -3.35. The minimum absolute atomic E-state index is 0.597. The first-order valence-electron chi connectivity index (χ1n) is 15.3. The fraction of sp³-hybridized carbons (Fsp3) is 0.963. The molecule has 15 heteroatoms. The van der Waals surface area contributed by atoms with Gasteiger partial charge in [-0.15, -0.1) is 0 Å². The Morgan fingerprint density at radius 1 is 0.357 bits per heavy atom. The van der Waals surface area contributed by atoms with E-state index >= 15 is 0 Å². The highest BCUT2D eigenvalue weighted by molar-refractivity contribution is 5.11. The molecule has 0 aliphatic carbocycles. The standard InChI is InChI=1S/C24H54N12.C2H8N2.CH2O/c1-25-13-26(2)17-31(16-25)7-10-34-22-35(11-8-32-18-27(3)14-28(4)19-32)24-36(23-34)12-9-33-20-29(5)15-30(6)21-33;3-1-2-4;1-2/h7-24H2,1-6H3;1-4H2;1H2. The van der Waals surface area contributed by atoms with Gasteiger partial charge in [0.15, 0.2) is 0 Å². The fourth-order valence-corrected chi connectivity index (χ4v) is 6.37. The van der Waals surface area contributed by atoms with E-state index in [0.29, 0.717) is 13.1 Å². The van der Waals surface area contributed by atoms with Crippen LogP contribution in [0.15, 0.2) is 0 Å². The number of nitrogens with zero attached hydrogens (tertiary/aromatic N) is 12. The van der Waals surface area contributed by atoms with Crippen LogP contribution in [0, 0.1) is 0 Å². The van der Waals surface area contributed by atoms with Crippen LogP contribution >= 0.6 is 0 Å². The van der Waals surface area contributed by atoms with Crippen molar-refractivity contribution in [3.05, 3.63) is 0 Å². The average molecular weight is 601 g/mol. The molecule has 0 aromatic heterocycles. The molecule has 0 aromatic rings. The number of hydrogen-bond acceptors (Lipinski definition) is 15. The van der Waals surface area contributed by atoms with Crippen molar-refractivity contribution in [1.82, 2.24) is 58.8 Å². The van der Waals surface area contributed by atoms with Gasteiger partial charge in [0.25, 0.3) is 0 Å². The molecule has 0 aromatic carbocycles. The Balaban J connectivity index is 0.000000947. The van der Waals surface area contributed by atoms with E-state index in [1.807, 2.05) is 6.79 Å². The molecule has 0 spiro atoms. The van der Waals surface area contributed by atoms with Crippen molar-refractivity contribution in [2.75, 3.05) is 175 Å². The molecule has 4 aliphatic rings. The molecule has 42 heavy (non-hydrogen) atoms. The topological polar surface area (TPSA) is 108 Å². The first-order valence-corrected chi connectivity index (χ1v) is 15.3. The van der Waals surface area contributed by atoms with Crippen LogP contribution in [0.5, 0.6) is 0 Å². The molecule has 0 saturated carbocycles. The summed E-state index contributed by atoms with van der Waals surface area (Å²) >= 11 is 0. The molecule has 0 unspecified atom stereocenters. The number of carbonyl (C=O) groups excluding carboxylic acids is 1. The number of hydrogen-bond donors (Lipinski definition) is 2. The van der Waals surface area contributed by atoms with Crippen molar-refractivity contribution >= 4 is 6.79 Å². The van der Waals surface area contributed by atoms with E-state index in [4.69, 9.17) is 16.3 Å². The molecule has 4 aliphatic heterocycles. The minimum atomic E-state index is 0.597. The lowest BCUT2D eigenvalue weighted by molar-refractivity contribution is -0.0980. The van der Waals surface area contributed by atoms with Crippen LogP contribution in [0.1, 0.15) is 0 Å². The molecule has 0 atom stereocenters. The van der Waals surface area contributed by atoms with Gasteiger partial charge >= 0.3 is 0 Å². The quantitative estimate of drug-likeness (QED) is 0.261. The molecule has 4 rings (SSSR count). The Morgan fingerprint density at radius 3 is 0.690 bits per heavy atom. The van der Waals surface area contributed by atoms with E-state index in [9.17, 15) is 0 Å². The third-order valence-corrected chi connectivity index (χ3v) is 7.66. The molecule has 4 saturated heterocycles. The summed E-state index contributed by atoms with van der Waals surface area (Å²) in [5.74, 6) is 0. The van der Waals surface area contributed by atoms with Gasteiger partial charge in [0.2, 0.25) is 0 Å². The first-order chi connectivity index (χ1) is 20.1. The lowest BCUT2D eigenvalue weighted by atomic mass is 10.3. The summed E-state index contributed by atoms with van der Waals surface area (Å²) in [7, 11) is 13.3. The SMILES string of the molecule is C=O.CN1CN(C)CN(CCN2CN(CCN3CN(C)CN(C)C3)CN(CCN3CN(C)CN(C)C3)C2)C1.NCCN. The van der Waals surface area contributed by atoms with Gasteiger partial charge in [-0.3, -0.25) is 58.8 Å². The maximum Gasteiger partial charge on any atom is 0.106 e. The van der Waals surface area contributed by atoms with Gasteiger partial charge in [0, 0.05) is 52.4 Å². The summed E-state index contributed by atoms with van der Waals surface area (Å²) in [5.41, 5.74) is 9.81. The Morgan fingerprint density at radius 2 is 0.524 bits per heavy atom. The lowest BCUT2D eigenvalue weighted by Gasteiger charge is -2.46. The summed E-state index contributed by atoms with van der Waals surface area (Å²) < 4.78 is 0. The van der Waals surface area contributed by atoms with Crippen molar-refractivity contribution in [2.45, 2.75) is 0 Å². The van der Waals surface area contributed by atoms with E-state index in [0.717, 1.165) is 119 Å². The average Bonchev–Trinajstić information content (AvgIpc) is 2.94. The lowest BCUT2D eigenvalue weighted by Crippen LogP contribution is -2.60. The van der Waals surface area contributed by atoms with Gasteiger partial charge in [-0.1, -0.05) is 0 Å². The van der Waals surface area contributed by atoms with Crippen molar-refractivity contribution in [3.63, 3.8) is 0 Å². The van der Waals surface area contributed by atoms with Gasteiger partial charge < -0.3 is 16.3 Å². The first kappa shape index (κ1) is 37.3. The smallest absolute Gasteiger partial charge is 0.106 e. The minimum Gasteiger partial charge on any atom is -0.329 e. The van der Waals surface area contributed by atoms with E-state index in [-0.39, 0.29) is 0 Å². The largest absolute Gasteiger partial charge is 0.329 e. The maximum absolute atomic E-state index is 8.00. The Labute approximate surface area is 256 Å². The highest BCUT2D eigenvalue weighted by atomic mass is 16.1. The Bertz CT molecular complexity index is 586. The number of rotatable bonds is 10. The molecule has 15 nitrogen and oxygen atoms in total. The van der Waals surface area contributed by atoms with E-state index < -0.39 is 0 Å². The van der Waals surface area contributed by atoms with Crippen molar-refractivity contribution in [2.24, 2.45) is 11.5 Å². The van der Waals surface area contributed by atoms with E-state index in [2.05, 4.69) is 101 Å². The van der Waals surface area contributed by atoms with Crippen molar-refractivity contribution in [1.29, 1.82) is 0 Å². The van der Waals surface area contributed by atoms with E-state index in [1.165, 1.54) is 0 Å².